The van der Waals surface area contributed by atoms with Crippen LogP contribution in [0, 0.1) is 6.92 Å². The van der Waals surface area contributed by atoms with E-state index in [1.54, 1.807) is 19.1 Å². The van der Waals surface area contributed by atoms with Gasteiger partial charge in [-0.1, -0.05) is 22.0 Å². The van der Waals surface area contributed by atoms with Gasteiger partial charge >= 0.3 is 5.76 Å². The maximum atomic E-state index is 12.1. The lowest BCUT2D eigenvalue weighted by Gasteiger charge is -2.11. The van der Waals surface area contributed by atoms with E-state index in [-0.39, 0.29) is 4.90 Å². The van der Waals surface area contributed by atoms with Crippen molar-refractivity contribution in [1.29, 1.82) is 0 Å². The Labute approximate surface area is 86.5 Å². The third kappa shape index (κ3) is 2.42. The number of benzene rings is 1. The third-order valence-electron chi connectivity index (χ3n) is 1.60. The van der Waals surface area contributed by atoms with E-state index in [0.717, 1.165) is 0 Å². The molecule has 0 aromatic heterocycles. The maximum Gasteiger partial charge on any atom is 0.402 e. The van der Waals surface area contributed by atoms with Gasteiger partial charge in [-0.2, -0.15) is 8.78 Å². The van der Waals surface area contributed by atoms with Crippen molar-refractivity contribution in [3.05, 3.63) is 28.2 Å². The number of alkyl halides is 2. The zero-order valence-electron chi connectivity index (χ0n) is 6.76. The minimum atomic E-state index is -2.83. The molecule has 0 aliphatic rings. The number of rotatable bonds is 2. The van der Waals surface area contributed by atoms with Crippen LogP contribution in [0.15, 0.2) is 27.6 Å². The molecular formula is C8H7BrF2OS. The SMILES string of the molecule is Cc1c(Br)cccc1[S+]([O-])C(F)F. The minimum Gasteiger partial charge on any atom is -0.607 e. The molecule has 0 saturated heterocycles. The molecule has 0 saturated carbocycles. The Balaban J connectivity index is 3.07. The molecule has 1 aromatic rings. The van der Waals surface area contributed by atoms with Gasteiger partial charge in [0, 0.05) is 10.0 Å². The Morgan fingerprint density at radius 2 is 2.08 bits per heavy atom. The van der Waals surface area contributed by atoms with Crippen molar-refractivity contribution in [3.63, 3.8) is 0 Å². The van der Waals surface area contributed by atoms with Gasteiger partial charge in [-0.15, -0.1) is 0 Å². The molecule has 0 heterocycles. The van der Waals surface area contributed by atoms with Gasteiger partial charge in [-0.05, 0) is 19.1 Å². The third-order valence-corrected chi connectivity index (χ3v) is 3.66. The van der Waals surface area contributed by atoms with Crippen LogP contribution in [0.4, 0.5) is 8.78 Å². The standard InChI is InChI=1S/C8H7BrF2OS/c1-5-6(9)3-2-4-7(5)13(12)8(10)11/h2-4,8H,1H3. The lowest BCUT2D eigenvalue weighted by Crippen LogP contribution is -2.12. The Hall–Kier alpha value is -0.130. The summed E-state index contributed by atoms with van der Waals surface area (Å²) in [5, 5.41) is 0. The van der Waals surface area contributed by atoms with Crippen LogP contribution < -0.4 is 0 Å². The quantitative estimate of drug-likeness (QED) is 0.756. The summed E-state index contributed by atoms with van der Waals surface area (Å²) in [6.45, 7) is 1.65. The second kappa shape index (κ2) is 4.39. The van der Waals surface area contributed by atoms with Gasteiger partial charge in [0.2, 0.25) is 0 Å². The van der Waals surface area contributed by atoms with E-state index in [1.165, 1.54) is 6.07 Å². The predicted octanol–water partition coefficient (Wildman–Crippen LogP) is 3.09. The lowest BCUT2D eigenvalue weighted by molar-refractivity contribution is 0.234. The minimum absolute atomic E-state index is 0.185. The second-order valence-corrected chi connectivity index (χ2v) is 4.67. The molecule has 1 rings (SSSR count). The second-order valence-electron chi connectivity index (χ2n) is 2.42. The van der Waals surface area contributed by atoms with Gasteiger partial charge in [0.05, 0.1) is 11.2 Å². The van der Waals surface area contributed by atoms with Crippen LogP contribution in [-0.4, -0.2) is 10.3 Å². The van der Waals surface area contributed by atoms with E-state index >= 15 is 0 Å². The first-order valence-corrected chi connectivity index (χ1v) is 5.48. The highest BCUT2D eigenvalue weighted by atomic mass is 79.9. The smallest absolute Gasteiger partial charge is 0.402 e. The van der Waals surface area contributed by atoms with Crippen molar-refractivity contribution < 1.29 is 13.3 Å². The molecule has 0 radical (unpaired) electrons. The molecule has 1 aromatic carbocycles. The monoisotopic (exact) mass is 268 g/mol. The fourth-order valence-electron chi connectivity index (χ4n) is 0.902. The van der Waals surface area contributed by atoms with Crippen molar-refractivity contribution in [1.82, 2.24) is 0 Å². The fourth-order valence-corrected chi connectivity index (χ4v) is 2.22. The molecule has 0 fully saturated rings. The molecule has 1 unspecified atom stereocenters. The van der Waals surface area contributed by atoms with E-state index in [1.807, 2.05) is 0 Å². The van der Waals surface area contributed by atoms with Crippen LogP contribution in [0.2, 0.25) is 0 Å². The van der Waals surface area contributed by atoms with Gasteiger partial charge in [-0.3, -0.25) is 0 Å². The van der Waals surface area contributed by atoms with Gasteiger partial charge in [0.1, 0.15) is 0 Å². The molecule has 0 aliphatic heterocycles. The van der Waals surface area contributed by atoms with Gasteiger partial charge in [-0.25, -0.2) is 0 Å². The average Bonchev–Trinajstić information content (AvgIpc) is 2.08. The van der Waals surface area contributed by atoms with Crippen LogP contribution in [0.25, 0.3) is 0 Å². The molecule has 0 amide bonds. The highest BCUT2D eigenvalue weighted by Crippen LogP contribution is 2.26. The summed E-state index contributed by atoms with van der Waals surface area (Å²) in [6.07, 6.45) is 0. The number of hydrogen-bond donors (Lipinski definition) is 0. The van der Waals surface area contributed by atoms with Crippen molar-refractivity contribution in [2.75, 3.05) is 0 Å². The Kier molecular flexibility index (Phi) is 3.70. The lowest BCUT2D eigenvalue weighted by atomic mass is 10.2. The van der Waals surface area contributed by atoms with Gasteiger partial charge < -0.3 is 4.55 Å². The van der Waals surface area contributed by atoms with E-state index < -0.39 is 16.9 Å². The zero-order valence-corrected chi connectivity index (χ0v) is 9.16. The van der Waals surface area contributed by atoms with E-state index in [2.05, 4.69) is 15.9 Å². The number of hydrogen-bond acceptors (Lipinski definition) is 1. The summed E-state index contributed by atoms with van der Waals surface area (Å²) in [5.74, 6) is -2.83. The summed E-state index contributed by atoms with van der Waals surface area (Å²) < 4.78 is 36.0. The average molecular weight is 269 g/mol. The van der Waals surface area contributed by atoms with E-state index in [4.69, 9.17) is 0 Å². The Morgan fingerprint density at radius 3 is 2.62 bits per heavy atom. The molecule has 0 aliphatic carbocycles. The molecule has 13 heavy (non-hydrogen) atoms. The summed E-state index contributed by atoms with van der Waals surface area (Å²) >= 11 is 0.964. The first-order chi connectivity index (χ1) is 6.04. The molecule has 0 spiro atoms. The van der Waals surface area contributed by atoms with Crippen LogP contribution in [0.5, 0.6) is 0 Å². The molecule has 1 nitrogen and oxygen atoms in total. The van der Waals surface area contributed by atoms with Crippen molar-refractivity contribution in [2.45, 2.75) is 17.6 Å². The summed E-state index contributed by atoms with van der Waals surface area (Å²) in [7, 11) is 0. The van der Waals surface area contributed by atoms with Crippen LogP contribution >= 0.6 is 15.9 Å². The summed E-state index contributed by atoms with van der Waals surface area (Å²) in [4.78, 5) is 0.185. The van der Waals surface area contributed by atoms with Crippen molar-refractivity contribution in [3.8, 4) is 0 Å². The van der Waals surface area contributed by atoms with Crippen molar-refractivity contribution >= 4 is 27.1 Å². The zero-order chi connectivity index (χ0) is 10.0. The van der Waals surface area contributed by atoms with E-state index in [9.17, 15) is 13.3 Å². The molecular weight excluding hydrogens is 262 g/mol. The molecule has 0 bridgehead atoms. The summed E-state index contributed by atoms with van der Waals surface area (Å²) in [5.41, 5.74) is 0.598. The summed E-state index contributed by atoms with van der Waals surface area (Å²) in [6, 6.07) is 4.76. The largest absolute Gasteiger partial charge is 0.607 e. The van der Waals surface area contributed by atoms with Crippen LogP contribution in [-0.2, 0) is 11.2 Å². The molecule has 1 atom stereocenters. The first-order valence-electron chi connectivity index (χ1n) is 3.48. The van der Waals surface area contributed by atoms with Crippen LogP contribution in [0.3, 0.4) is 0 Å². The Bertz CT molecular complexity index is 306. The molecule has 5 heteroatoms. The van der Waals surface area contributed by atoms with Gasteiger partial charge in [0.15, 0.2) is 4.90 Å². The van der Waals surface area contributed by atoms with Crippen molar-refractivity contribution in [2.24, 2.45) is 0 Å². The topological polar surface area (TPSA) is 23.1 Å². The molecule has 72 valence electrons. The van der Waals surface area contributed by atoms with E-state index in [0.29, 0.717) is 10.0 Å². The highest BCUT2D eigenvalue weighted by molar-refractivity contribution is 9.10. The predicted molar refractivity (Wildman–Crippen MR) is 51.3 cm³/mol. The van der Waals surface area contributed by atoms with Crippen LogP contribution in [0.1, 0.15) is 5.56 Å². The first kappa shape index (κ1) is 10.9. The number of halogens is 3. The molecule has 0 N–H and O–H groups in total. The Morgan fingerprint density at radius 1 is 1.46 bits per heavy atom. The highest BCUT2D eigenvalue weighted by Gasteiger charge is 2.25. The normalized spacial score (nSPS) is 13.4. The van der Waals surface area contributed by atoms with Gasteiger partial charge in [0.25, 0.3) is 0 Å². The maximum absolute atomic E-state index is 12.1. The fraction of sp³-hybridized carbons (Fsp3) is 0.250.